The van der Waals surface area contributed by atoms with E-state index >= 15 is 0 Å². The van der Waals surface area contributed by atoms with Crippen LogP contribution in [-0.4, -0.2) is 88.4 Å². The van der Waals surface area contributed by atoms with Crippen LogP contribution >= 0.6 is 0 Å². The maximum absolute atomic E-state index is 12.6. The van der Waals surface area contributed by atoms with E-state index in [2.05, 4.69) is 5.32 Å². The molecule has 0 aliphatic heterocycles. The second-order valence-corrected chi connectivity index (χ2v) is 12.6. The lowest BCUT2D eigenvalue weighted by Crippen LogP contribution is -2.24. The Morgan fingerprint density at radius 3 is 1.51 bits per heavy atom. The second-order valence-electron chi connectivity index (χ2n) is 7.88. The van der Waals surface area contributed by atoms with E-state index < -0.39 is 53.5 Å². The first-order chi connectivity index (χ1) is 17.1. The Labute approximate surface area is 216 Å². The third-order valence-corrected chi connectivity index (χ3v) is 6.91. The Morgan fingerprint density at radius 1 is 0.730 bits per heavy atom. The summed E-state index contributed by atoms with van der Waals surface area (Å²) in [6.45, 7) is 1.66. The van der Waals surface area contributed by atoms with Gasteiger partial charge in [-0.2, -0.15) is 25.3 Å². The van der Waals surface area contributed by atoms with Crippen molar-refractivity contribution in [3.05, 3.63) is 17.7 Å². The Kier molecular flexibility index (Phi) is 13.6. The summed E-state index contributed by atoms with van der Waals surface area (Å²) in [7, 11) is -12.7. The first-order valence-corrected chi connectivity index (χ1v) is 16.1. The number of hydrogen-bond acceptors (Lipinski definition) is 10. The lowest BCUT2D eigenvalue weighted by molar-refractivity contribution is 0.0952. The summed E-state index contributed by atoms with van der Waals surface area (Å²) in [5.74, 6) is -2.47. The Balaban J connectivity index is 3.24. The molecular weight excluding hydrogens is 558 g/mol. The van der Waals surface area contributed by atoms with Gasteiger partial charge in [0.2, 0.25) is 5.75 Å². The minimum Gasteiger partial charge on any atom is -0.489 e. The van der Waals surface area contributed by atoms with Crippen molar-refractivity contribution in [2.24, 2.45) is 0 Å². The summed E-state index contributed by atoms with van der Waals surface area (Å²) in [6, 6.07) is 2.61. The summed E-state index contributed by atoms with van der Waals surface area (Å²) in [5, 5.41) is 2.71. The van der Waals surface area contributed by atoms with Crippen molar-refractivity contribution in [2.75, 3.05) is 43.6 Å². The van der Waals surface area contributed by atoms with Crippen molar-refractivity contribution in [2.45, 2.75) is 39.0 Å². The lowest BCUT2D eigenvalue weighted by atomic mass is 10.1. The van der Waals surface area contributed by atoms with Gasteiger partial charge in [-0.25, -0.2) is 0 Å². The van der Waals surface area contributed by atoms with E-state index in [1.165, 1.54) is 12.1 Å². The van der Waals surface area contributed by atoms with Gasteiger partial charge in [0.25, 0.3) is 36.3 Å². The molecule has 0 aliphatic rings. The second kappa shape index (κ2) is 15.3. The van der Waals surface area contributed by atoms with Gasteiger partial charge in [0.05, 0.1) is 37.1 Å². The summed E-state index contributed by atoms with van der Waals surface area (Å²) >= 11 is 0. The number of unbranched alkanes of at least 4 members (excludes halogenated alkanes) is 1. The maximum atomic E-state index is 12.6. The van der Waals surface area contributed by atoms with Gasteiger partial charge in [-0.1, -0.05) is 13.3 Å². The first kappa shape index (κ1) is 32.8. The van der Waals surface area contributed by atoms with Crippen LogP contribution in [0.4, 0.5) is 0 Å². The van der Waals surface area contributed by atoms with E-state index in [1.54, 1.807) is 0 Å². The fourth-order valence-corrected chi connectivity index (χ4v) is 4.26. The van der Waals surface area contributed by atoms with Crippen LogP contribution in [0.5, 0.6) is 17.2 Å². The predicted molar refractivity (Wildman–Crippen MR) is 133 cm³/mol. The van der Waals surface area contributed by atoms with Gasteiger partial charge in [0.1, 0.15) is 0 Å². The predicted octanol–water partition coefficient (Wildman–Crippen LogP) is 1.19. The van der Waals surface area contributed by atoms with E-state index in [0.29, 0.717) is 6.54 Å². The van der Waals surface area contributed by atoms with Crippen LogP contribution in [0.3, 0.4) is 0 Å². The summed E-state index contributed by atoms with van der Waals surface area (Å²) < 4.78 is 109. The molecule has 14 nitrogen and oxygen atoms in total. The molecule has 0 unspecified atom stereocenters. The highest BCUT2D eigenvalue weighted by molar-refractivity contribution is 7.86. The first-order valence-electron chi connectivity index (χ1n) is 11.3. The van der Waals surface area contributed by atoms with Crippen molar-refractivity contribution in [1.29, 1.82) is 0 Å². The van der Waals surface area contributed by atoms with Gasteiger partial charge in [0, 0.05) is 12.1 Å². The highest BCUT2D eigenvalue weighted by Gasteiger charge is 2.20. The van der Waals surface area contributed by atoms with E-state index in [4.69, 9.17) is 27.9 Å². The standard InChI is InChI=1S/C20H33NO13S3/c1-2-3-7-21-20(22)16-14-17(32-8-4-11-35(23,24)25)19(34-10-6-13-37(29,30)31)18(15-16)33-9-5-12-36(26,27)28/h14-15H,2-13H2,1H3,(H,21,22)(H,23,24,25)(H,26,27,28)(H,29,30,31). The van der Waals surface area contributed by atoms with Gasteiger partial charge < -0.3 is 19.5 Å². The van der Waals surface area contributed by atoms with Crippen molar-refractivity contribution in [3.8, 4) is 17.2 Å². The van der Waals surface area contributed by atoms with Crippen LogP contribution in [0.15, 0.2) is 12.1 Å². The molecule has 0 spiro atoms. The molecule has 0 fully saturated rings. The summed E-state index contributed by atoms with van der Waals surface area (Å²) in [5.41, 5.74) is 0.0796. The molecule has 0 bridgehead atoms. The third-order valence-electron chi connectivity index (χ3n) is 4.50. The minimum atomic E-state index is -4.25. The Morgan fingerprint density at radius 2 is 1.14 bits per heavy atom. The lowest BCUT2D eigenvalue weighted by Gasteiger charge is -2.18. The SMILES string of the molecule is CCCCNC(=O)c1cc(OCCCS(=O)(=O)O)c(OCCCS(=O)(=O)O)c(OCCCS(=O)(=O)O)c1. The van der Waals surface area contributed by atoms with Crippen LogP contribution in [0.2, 0.25) is 0 Å². The van der Waals surface area contributed by atoms with E-state index in [0.717, 1.165) is 12.8 Å². The average Bonchev–Trinajstić information content (AvgIpc) is 2.76. The number of nitrogens with one attached hydrogen (secondary N) is 1. The van der Waals surface area contributed by atoms with Gasteiger partial charge in [0.15, 0.2) is 11.5 Å². The molecule has 1 amide bonds. The van der Waals surface area contributed by atoms with Crippen LogP contribution in [0.1, 0.15) is 49.4 Å². The van der Waals surface area contributed by atoms with Crippen LogP contribution < -0.4 is 19.5 Å². The van der Waals surface area contributed by atoms with Gasteiger partial charge in [-0.05, 0) is 37.8 Å². The van der Waals surface area contributed by atoms with Crippen LogP contribution in [0, 0.1) is 0 Å². The molecule has 0 aliphatic carbocycles. The molecule has 0 saturated heterocycles. The summed E-state index contributed by atoms with van der Waals surface area (Å²) in [6.07, 6.45) is 1.21. The number of carbonyl (C=O) groups is 1. The van der Waals surface area contributed by atoms with E-state index in [-0.39, 0.29) is 61.9 Å². The Bertz CT molecular complexity index is 1130. The normalized spacial score (nSPS) is 12.2. The van der Waals surface area contributed by atoms with Crippen molar-refractivity contribution < 1.29 is 57.9 Å². The summed E-state index contributed by atoms with van der Waals surface area (Å²) in [4.78, 5) is 12.6. The zero-order valence-electron chi connectivity index (χ0n) is 20.3. The fraction of sp³-hybridized carbons (Fsp3) is 0.650. The molecule has 0 aromatic heterocycles. The highest BCUT2D eigenvalue weighted by Crippen LogP contribution is 2.39. The molecule has 37 heavy (non-hydrogen) atoms. The van der Waals surface area contributed by atoms with Gasteiger partial charge in [-0.15, -0.1) is 0 Å². The number of hydrogen-bond donors (Lipinski definition) is 4. The number of amides is 1. The van der Waals surface area contributed by atoms with Crippen LogP contribution in [-0.2, 0) is 30.4 Å². The topological polar surface area (TPSA) is 220 Å². The van der Waals surface area contributed by atoms with Gasteiger partial charge in [-0.3, -0.25) is 18.5 Å². The highest BCUT2D eigenvalue weighted by atomic mass is 32.2. The molecule has 1 rings (SSSR count). The third kappa shape index (κ3) is 15.6. The molecule has 0 radical (unpaired) electrons. The number of rotatable bonds is 19. The quantitative estimate of drug-likeness (QED) is 0.131. The smallest absolute Gasteiger partial charge is 0.264 e. The molecule has 17 heteroatoms. The van der Waals surface area contributed by atoms with E-state index in [9.17, 15) is 30.0 Å². The molecule has 214 valence electrons. The molecule has 0 heterocycles. The molecular formula is C20H33NO13S3. The monoisotopic (exact) mass is 591 g/mol. The number of benzene rings is 1. The molecule has 0 saturated carbocycles. The van der Waals surface area contributed by atoms with Crippen molar-refractivity contribution in [1.82, 2.24) is 5.32 Å². The van der Waals surface area contributed by atoms with Gasteiger partial charge >= 0.3 is 0 Å². The zero-order chi connectivity index (χ0) is 28.1. The maximum Gasteiger partial charge on any atom is 0.264 e. The average molecular weight is 592 g/mol. The Hall–Kier alpha value is -2.18. The molecule has 1 aromatic rings. The molecule has 4 N–H and O–H groups in total. The minimum absolute atomic E-state index is 0.0601. The number of ether oxygens (including phenoxy) is 3. The van der Waals surface area contributed by atoms with E-state index in [1.807, 2.05) is 6.92 Å². The largest absolute Gasteiger partial charge is 0.489 e. The zero-order valence-corrected chi connectivity index (χ0v) is 22.7. The fourth-order valence-electron chi connectivity index (χ4n) is 2.81. The van der Waals surface area contributed by atoms with Crippen LogP contribution in [0.25, 0.3) is 0 Å². The van der Waals surface area contributed by atoms with Crippen molar-refractivity contribution in [3.63, 3.8) is 0 Å². The molecule has 1 aromatic carbocycles. The van der Waals surface area contributed by atoms with Crippen molar-refractivity contribution >= 4 is 36.3 Å². The molecule has 0 atom stereocenters. The number of carbonyl (C=O) groups excluding carboxylic acids is 1.